The number of thioether (sulfide) groups is 1. The maximum Gasteiger partial charge on any atom is 0.104 e. The number of hydrogen-bond donors (Lipinski definition) is 1. The summed E-state index contributed by atoms with van der Waals surface area (Å²) in [7, 11) is 3.56. The van der Waals surface area contributed by atoms with Crippen LogP contribution in [0.5, 0.6) is 0 Å². The van der Waals surface area contributed by atoms with Gasteiger partial charge < -0.3 is 10.1 Å². The molecule has 0 fully saturated rings. The quantitative estimate of drug-likeness (QED) is 0.648. The normalized spacial score (nSPS) is 16.7. The van der Waals surface area contributed by atoms with E-state index in [0.717, 1.165) is 25.2 Å². The smallest absolute Gasteiger partial charge is 0.104 e. The lowest BCUT2D eigenvalue weighted by molar-refractivity contribution is 0.200. The van der Waals surface area contributed by atoms with Gasteiger partial charge in [-0.2, -0.15) is 17.0 Å². The molecule has 1 N–H and O–H groups in total. The Labute approximate surface area is 97.6 Å². The van der Waals surface area contributed by atoms with Crippen molar-refractivity contribution in [3.63, 3.8) is 0 Å². The van der Waals surface area contributed by atoms with Crippen LogP contribution in [-0.4, -0.2) is 37.3 Å². The van der Waals surface area contributed by atoms with E-state index in [-0.39, 0.29) is 0 Å². The third-order valence-corrected chi connectivity index (χ3v) is 3.65. The van der Waals surface area contributed by atoms with E-state index in [0.29, 0.717) is 5.25 Å². The lowest BCUT2D eigenvalue weighted by atomic mass is 9.98. The molecule has 0 aliphatic heterocycles. The van der Waals surface area contributed by atoms with Gasteiger partial charge in [0.1, 0.15) is 5.54 Å². The summed E-state index contributed by atoms with van der Waals surface area (Å²) >= 11 is 1.90. The highest BCUT2D eigenvalue weighted by molar-refractivity contribution is 7.99. The van der Waals surface area contributed by atoms with Gasteiger partial charge in [0.2, 0.25) is 0 Å². The summed E-state index contributed by atoms with van der Waals surface area (Å²) < 4.78 is 4.99. The zero-order chi connectivity index (χ0) is 11.7. The van der Waals surface area contributed by atoms with E-state index in [1.165, 1.54) is 0 Å². The largest absolute Gasteiger partial charge is 0.385 e. The van der Waals surface area contributed by atoms with E-state index < -0.39 is 5.54 Å². The fourth-order valence-corrected chi connectivity index (χ4v) is 2.46. The molecule has 0 rings (SSSR count). The molecule has 0 aromatic heterocycles. The van der Waals surface area contributed by atoms with Crippen LogP contribution < -0.4 is 5.32 Å². The lowest BCUT2D eigenvalue weighted by Crippen LogP contribution is -2.40. The molecule has 0 aliphatic carbocycles. The van der Waals surface area contributed by atoms with Crippen molar-refractivity contribution in [2.75, 3.05) is 26.5 Å². The highest BCUT2D eigenvalue weighted by Gasteiger charge is 2.23. The molecule has 0 aromatic carbocycles. The van der Waals surface area contributed by atoms with Crippen molar-refractivity contribution in [3.8, 4) is 6.07 Å². The van der Waals surface area contributed by atoms with Crippen LogP contribution in [0, 0.1) is 11.3 Å². The summed E-state index contributed by atoms with van der Waals surface area (Å²) in [5.74, 6) is 1.10. The van der Waals surface area contributed by atoms with E-state index >= 15 is 0 Å². The minimum Gasteiger partial charge on any atom is -0.385 e. The molecular weight excluding hydrogens is 208 g/mol. The van der Waals surface area contributed by atoms with Crippen molar-refractivity contribution in [1.82, 2.24) is 5.32 Å². The third kappa shape index (κ3) is 6.77. The molecule has 0 radical (unpaired) electrons. The van der Waals surface area contributed by atoms with Crippen LogP contribution >= 0.6 is 11.8 Å². The average Bonchev–Trinajstić information content (AvgIpc) is 2.24. The van der Waals surface area contributed by atoms with Crippen LogP contribution in [0.25, 0.3) is 0 Å². The van der Waals surface area contributed by atoms with Crippen LogP contribution in [0.3, 0.4) is 0 Å². The summed E-state index contributed by atoms with van der Waals surface area (Å²) in [5, 5.41) is 12.6. The number of ether oxygens (including phenoxy) is 1. The Balaban J connectivity index is 3.73. The Kier molecular flexibility index (Phi) is 7.85. The molecule has 0 saturated heterocycles. The van der Waals surface area contributed by atoms with Gasteiger partial charge in [0.25, 0.3) is 0 Å². The number of nitriles is 1. The van der Waals surface area contributed by atoms with Gasteiger partial charge in [0.15, 0.2) is 0 Å². The average molecular weight is 230 g/mol. The monoisotopic (exact) mass is 230 g/mol. The Morgan fingerprint density at radius 2 is 2.27 bits per heavy atom. The first-order valence-electron chi connectivity index (χ1n) is 5.28. The number of nitrogens with zero attached hydrogens (tertiary/aromatic N) is 1. The van der Waals surface area contributed by atoms with Crippen molar-refractivity contribution in [2.45, 2.75) is 37.5 Å². The first kappa shape index (κ1) is 14.8. The Morgan fingerprint density at radius 3 is 2.73 bits per heavy atom. The fourth-order valence-electron chi connectivity index (χ4n) is 1.33. The molecule has 2 atom stereocenters. The molecule has 4 heteroatoms. The Bertz CT molecular complexity index is 205. The molecular formula is C11H22N2OS. The minimum absolute atomic E-state index is 0.395. The van der Waals surface area contributed by atoms with Gasteiger partial charge in [0, 0.05) is 19.0 Å². The molecule has 0 amide bonds. The van der Waals surface area contributed by atoms with E-state index in [4.69, 9.17) is 10.00 Å². The first-order valence-corrected chi connectivity index (χ1v) is 6.33. The highest BCUT2D eigenvalue weighted by Crippen LogP contribution is 2.21. The zero-order valence-corrected chi connectivity index (χ0v) is 11.0. The van der Waals surface area contributed by atoms with Gasteiger partial charge >= 0.3 is 0 Å². The zero-order valence-electron chi connectivity index (χ0n) is 10.2. The maximum absolute atomic E-state index is 9.00. The number of hydrogen-bond acceptors (Lipinski definition) is 4. The Hall–Kier alpha value is -0.240. The van der Waals surface area contributed by atoms with Crippen LogP contribution in [0.4, 0.5) is 0 Å². The third-order valence-electron chi connectivity index (χ3n) is 2.39. The molecule has 15 heavy (non-hydrogen) atoms. The molecule has 88 valence electrons. The number of rotatable bonds is 8. The van der Waals surface area contributed by atoms with E-state index in [2.05, 4.69) is 18.3 Å². The standard InChI is InChI=1S/C11H22N2OS/c1-10(15-7-5-6-14-4)8-11(2,9-12)13-3/h10,13H,5-8H2,1-4H3. The van der Waals surface area contributed by atoms with Gasteiger partial charge in [-0.15, -0.1) is 0 Å². The van der Waals surface area contributed by atoms with E-state index in [1.807, 2.05) is 25.7 Å². The lowest BCUT2D eigenvalue weighted by Gasteiger charge is -2.24. The molecule has 0 bridgehead atoms. The van der Waals surface area contributed by atoms with Crippen LogP contribution in [0.15, 0.2) is 0 Å². The Morgan fingerprint density at radius 1 is 1.60 bits per heavy atom. The maximum atomic E-state index is 9.00. The predicted octanol–water partition coefficient (Wildman–Crippen LogP) is 2.04. The molecule has 0 saturated carbocycles. The first-order chi connectivity index (χ1) is 7.08. The highest BCUT2D eigenvalue weighted by atomic mass is 32.2. The van der Waals surface area contributed by atoms with Gasteiger partial charge in [-0.25, -0.2) is 0 Å². The van der Waals surface area contributed by atoms with Gasteiger partial charge in [-0.3, -0.25) is 0 Å². The SMILES string of the molecule is CNC(C)(C#N)CC(C)SCCCOC. The van der Waals surface area contributed by atoms with E-state index in [1.54, 1.807) is 7.11 Å². The number of methoxy groups -OCH3 is 1. The van der Waals surface area contributed by atoms with Gasteiger partial charge in [-0.1, -0.05) is 6.92 Å². The second kappa shape index (κ2) is 7.98. The van der Waals surface area contributed by atoms with Crippen molar-refractivity contribution in [3.05, 3.63) is 0 Å². The fraction of sp³-hybridized carbons (Fsp3) is 0.909. The molecule has 0 aromatic rings. The van der Waals surface area contributed by atoms with Crippen molar-refractivity contribution >= 4 is 11.8 Å². The molecule has 3 nitrogen and oxygen atoms in total. The van der Waals surface area contributed by atoms with Crippen LogP contribution in [-0.2, 0) is 4.74 Å². The summed E-state index contributed by atoms with van der Waals surface area (Å²) in [5.41, 5.74) is -0.395. The van der Waals surface area contributed by atoms with E-state index in [9.17, 15) is 0 Å². The topological polar surface area (TPSA) is 45.0 Å². The summed E-state index contributed by atoms with van der Waals surface area (Å²) in [6.45, 7) is 4.94. The van der Waals surface area contributed by atoms with Crippen molar-refractivity contribution < 1.29 is 4.74 Å². The van der Waals surface area contributed by atoms with Crippen LogP contribution in [0.1, 0.15) is 26.7 Å². The molecule has 0 spiro atoms. The minimum atomic E-state index is -0.395. The predicted molar refractivity (Wildman–Crippen MR) is 66.1 cm³/mol. The van der Waals surface area contributed by atoms with Crippen molar-refractivity contribution in [2.24, 2.45) is 0 Å². The van der Waals surface area contributed by atoms with Crippen molar-refractivity contribution in [1.29, 1.82) is 5.26 Å². The van der Waals surface area contributed by atoms with Crippen LogP contribution in [0.2, 0.25) is 0 Å². The second-order valence-electron chi connectivity index (χ2n) is 3.93. The molecule has 2 unspecified atom stereocenters. The number of nitrogens with one attached hydrogen (secondary N) is 1. The second-order valence-corrected chi connectivity index (χ2v) is 5.47. The molecule has 0 heterocycles. The van der Waals surface area contributed by atoms with Gasteiger partial charge in [0.05, 0.1) is 6.07 Å². The molecule has 0 aliphatic rings. The van der Waals surface area contributed by atoms with Gasteiger partial charge in [-0.05, 0) is 32.6 Å². The summed E-state index contributed by atoms with van der Waals surface area (Å²) in [6, 6.07) is 2.31. The summed E-state index contributed by atoms with van der Waals surface area (Å²) in [6.07, 6.45) is 1.95. The summed E-state index contributed by atoms with van der Waals surface area (Å²) in [4.78, 5) is 0.